The van der Waals surface area contributed by atoms with E-state index in [0.29, 0.717) is 0 Å². The van der Waals surface area contributed by atoms with Crippen LogP contribution in [0.2, 0.25) is 0 Å². The van der Waals surface area contributed by atoms with Gasteiger partial charge in [-0.05, 0) is 50.3 Å². The minimum atomic E-state index is 0.0593. The van der Waals surface area contributed by atoms with E-state index in [9.17, 15) is 4.79 Å². The lowest BCUT2D eigenvalue weighted by molar-refractivity contribution is -0.120. The molecule has 0 radical (unpaired) electrons. The monoisotopic (exact) mass is 393 g/mol. The number of carbonyl (C=O) groups is 1. The molecule has 1 N–H and O–H groups in total. The number of hydrogen-bond donors (Lipinski definition) is 1. The summed E-state index contributed by atoms with van der Waals surface area (Å²) >= 11 is 0. The molecule has 2 aliphatic rings. The van der Waals surface area contributed by atoms with Crippen molar-refractivity contribution in [2.24, 2.45) is 5.92 Å². The van der Waals surface area contributed by atoms with Crippen molar-refractivity contribution < 1.29 is 4.79 Å². The predicted molar refractivity (Wildman–Crippen MR) is 117 cm³/mol. The molecule has 6 nitrogen and oxygen atoms in total. The minimum absolute atomic E-state index is 0.0593. The molecule has 6 heteroatoms. The van der Waals surface area contributed by atoms with Gasteiger partial charge in [-0.2, -0.15) is 0 Å². The van der Waals surface area contributed by atoms with Crippen LogP contribution in [0.4, 0.5) is 17.3 Å². The summed E-state index contributed by atoms with van der Waals surface area (Å²) in [6, 6.07) is 7.97. The van der Waals surface area contributed by atoms with Gasteiger partial charge in [0.2, 0.25) is 11.9 Å². The second-order valence-electron chi connectivity index (χ2n) is 8.26. The van der Waals surface area contributed by atoms with Gasteiger partial charge in [-0.1, -0.05) is 25.0 Å². The van der Waals surface area contributed by atoms with Gasteiger partial charge in [0, 0.05) is 37.8 Å². The molecule has 0 unspecified atom stereocenters. The third-order valence-corrected chi connectivity index (χ3v) is 6.03. The molecule has 4 rings (SSSR count). The summed E-state index contributed by atoms with van der Waals surface area (Å²) in [4.78, 5) is 26.5. The number of benzene rings is 1. The van der Waals surface area contributed by atoms with E-state index < -0.39 is 0 Å². The number of carbonyl (C=O) groups excluding carboxylic acids is 1. The van der Waals surface area contributed by atoms with E-state index in [2.05, 4.69) is 25.1 Å². The van der Waals surface area contributed by atoms with E-state index in [4.69, 9.17) is 0 Å². The van der Waals surface area contributed by atoms with Crippen molar-refractivity contribution in [3.63, 3.8) is 0 Å². The number of hydrogen-bond acceptors (Lipinski definition) is 5. The van der Waals surface area contributed by atoms with Crippen molar-refractivity contribution >= 4 is 23.2 Å². The van der Waals surface area contributed by atoms with E-state index in [1.807, 2.05) is 43.6 Å². The lowest BCUT2D eigenvalue weighted by atomic mass is 9.95. The van der Waals surface area contributed by atoms with Gasteiger partial charge in [-0.3, -0.25) is 4.79 Å². The minimum Gasteiger partial charge on any atom is -0.369 e. The third kappa shape index (κ3) is 5.05. The fraction of sp³-hybridized carbons (Fsp3) is 0.522. The molecule has 29 heavy (non-hydrogen) atoms. The zero-order valence-electron chi connectivity index (χ0n) is 17.3. The molecule has 0 saturated carbocycles. The molecule has 0 atom stereocenters. The molecule has 1 aromatic carbocycles. The Balaban J connectivity index is 1.30. The molecule has 0 spiro atoms. The highest BCUT2D eigenvalue weighted by atomic mass is 16.1. The van der Waals surface area contributed by atoms with Crippen molar-refractivity contribution in [3.05, 3.63) is 42.2 Å². The number of aromatic nitrogens is 2. The van der Waals surface area contributed by atoms with Gasteiger partial charge < -0.3 is 15.1 Å². The van der Waals surface area contributed by atoms with Crippen LogP contribution >= 0.6 is 0 Å². The molecule has 1 aromatic heterocycles. The van der Waals surface area contributed by atoms with Crippen molar-refractivity contribution in [3.8, 4) is 0 Å². The van der Waals surface area contributed by atoms with E-state index in [-0.39, 0.29) is 11.8 Å². The van der Waals surface area contributed by atoms with Gasteiger partial charge in [-0.25, -0.2) is 9.97 Å². The summed E-state index contributed by atoms with van der Waals surface area (Å²) in [6.07, 6.45) is 10.7. The average molecular weight is 394 g/mol. The van der Waals surface area contributed by atoms with Gasteiger partial charge in [0.05, 0.1) is 18.1 Å². The Morgan fingerprint density at radius 3 is 2.31 bits per heavy atom. The van der Waals surface area contributed by atoms with Crippen LogP contribution in [0.1, 0.15) is 44.1 Å². The number of anilines is 3. The van der Waals surface area contributed by atoms with E-state index in [0.717, 1.165) is 61.9 Å². The quantitative estimate of drug-likeness (QED) is 0.850. The molecular formula is C23H31N5O. The predicted octanol–water partition coefficient (Wildman–Crippen LogP) is 4.02. The van der Waals surface area contributed by atoms with Gasteiger partial charge in [0.15, 0.2) is 0 Å². The smallest absolute Gasteiger partial charge is 0.227 e. The van der Waals surface area contributed by atoms with Gasteiger partial charge in [-0.15, -0.1) is 0 Å². The molecule has 1 amide bonds. The average Bonchev–Trinajstić information content (AvgIpc) is 3.04. The van der Waals surface area contributed by atoms with Gasteiger partial charge >= 0.3 is 0 Å². The Bertz CT molecular complexity index is 806. The van der Waals surface area contributed by atoms with Crippen molar-refractivity contribution in [1.29, 1.82) is 0 Å². The fourth-order valence-electron chi connectivity index (χ4n) is 4.28. The molecule has 3 heterocycles. The zero-order chi connectivity index (χ0) is 20.1. The standard InChI is InChI=1S/C23H31N5O/c1-18-7-6-8-20(15-18)26-22(29)19-9-13-27(14-10-19)21-16-24-23(25-17-21)28-11-4-2-3-5-12-28/h6-8,15-17,19H,2-5,9-14H2,1H3,(H,26,29). The summed E-state index contributed by atoms with van der Waals surface area (Å²) in [6.45, 7) is 5.87. The first kappa shape index (κ1) is 19.7. The second kappa shape index (κ2) is 9.25. The van der Waals surface area contributed by atoms with Crippen LogP contribution < -0.4 is 15.1 Å². The molecule has 2 aliphatic heterocycles. The Morgan fingerprint density at radius 1 is 0.966 bits per heavy atom. The SMILES string of the molecule is Cc1cccc(NC(=O)C2CCN(c3cnc(N4CCCCCC4)nc3)CC2)c1. The lowest BCUT2D eigenvalue weighted by Crippen LogP contribution is -2.38. The van der Waals surface area contributed by atoms with Crippen LogP contribution in [-0.2, 0) is 4.79 Å². The van der Waals surface area contributed by atoms with Crippen LogP contribution in [0, 0.1) is 12.8 Å². The zero-order valence-corrected chi connectivity index (χ0v) is 17.3. The maximum Gasteiger partial charge on any atom is 0.227 e. The Hall–Kier alpha value is -2.63. The van der Waals surface area contributed by atoms with E-state index >= 15 is 0 Å². The highest BCUT2D eigenvalue weighted by Crippen LogP contribution is 2.25. The first-order valence-corrected chi connectivity index (χ1v) is 10.9. The number of nitrogens with zero attached hydrogens (tertiary/aromatic N) is 4. The Labute approximate surface area is 173 Å². The molecule has 2 saturated heterocycles. The van der Waals surface area contributed by atoms with Gasteiger partial charge in [0.1, 0.15) is 0 Å². The van der Waals surface area contributed by atoms with E-state index in [1.165, 1.54) is 25.7 Å². The topological polar surface area (TPSA) is 61.4 Å². The highest BCUT2D eigenvalue weighted by molar-refractivity contribution is 5.92. The number of amides is 1. The summed E-state index contributed by atoms with van der Waals surface area (Å²) in [7, 11) is 0. The number of nitrogens with one attached hydrogen (secondary N) is 1. The Morgan fingerprint density at radius 2 is 1.66 bits per heavy atom. The highest BCUT2D eigenvalue weighted by Gasteiger charge is 2.25. The largest absolute Gasteiger partial charge is 0.369 e. The third-order valence-electron chi connectivity index (χ3n) is 6.03. The summed E-state index contributed by atoms with van der Waals surface area (Å²) < 4.78 is 0. The van der Waals surface area contributed by atoms with Crippen LogP contribution in [0.3, 0.4) is 0 Å². The normalized spacial score (nSPS) is 18.4. The summed E-state index contributed by atoms with van der Waals surface area (Å²) in [5.74, 6) is 1.04. The molecule has 0 bridgehead atoms. The van der Waals surface area contributed by atoms with Crippen molar-refractivity contribution in [2.75, 3.05) is 41.3 Å². The van der Waals surface area contributed by atoms with Crippen LogP contribution in [-0.4, -0.2) is 42.1 Å². The van der Waals surface area contributed by atoms with E-state index in [1.54, 1.807) is 0 Å². The maximum absolute atomic E-state index is 12.6. The molecule has 2 aromatic rings. The van der Waals surface area contributed by atoms with Gasteiger partial charge in [0.25, 0.3) is 0 Å². The lowest BCUT2D eigenvalue weighted by Gasteiger charge is -2.32. The van der Waals surface area contributed by atoms with Crippen molar-refractivity contribution in [1.82, 2.24) is 9.97 Å². The molecule has 2 fully saturated rings. The Kier molecular flexibility index (Phi) is 6.27. The summed E-state index contributed by atoms with van der Waals surface area (Å²) in [5.41, 5.74) is 3.09. The second-order valence-corrected chi connectivity index (χ2v) is 8.26. The molecule has 154 valence electrons. The van der Waals surface area contributed by atoms with Crippen LogP contribution in [0.15, 0.2) is 36.7 Å². The molecular weight excluding hydrogens is 362 g/mol. The summed E-state index contributed by atoms with van der Waals surface area (Å²) in [5, 5.41) is 3.07. The number of aryl methyl sites for hydroxylation is 1. The fourth-order valence-corrected chi connectivity index (χ4v) is 4.28. The first-order valence-electron chi connectivity index (χ1n) is 10.9. The van der Waals surface area contributed by atoms with Crippen LogP contribution in [0.5, 0.6) is 0 Å². The van der Waals surface area contributed by atoms with Crippen molar-refractivity contribution in [2.45, 2.75) is 45.4 Å². The van der Waals surface area contributed by atoms with Crippen LogP contribution in [0.25, 0.3) is 0 Å². The molecule has 0 aliphatic carbocycles. The maximum atomic E-state index is 12.6. The first-order chi connectivity index (χ1) is 14.2. The number of rotatable bonds is 4. The number of piperidine rings is 1.